The molecule has 0 radical (unpaired) electrons. The number of nitrogens with one attached hydrogen (secondary N) is 1. The van der Waals surface area contributed by atoms with Gasteiger partial charge in [-0.1, -0.05) is 266 Å². The molecule has 8 heterocycles. The number of halogens is 1. The SMILES string of the molecule is Clc1nc2ccccc2nc1-c1ccc(-c2ccc3ccccc3c2)cc1.c1cc2[nH]c3ccc4c5ccccc5n5c6ccccc6c(c1)c2c3c45.c1ccc2cc(-c3ccc(-c4nc5ccccc5nc4-n4c5cccc6c7ccccc7n7c8ccccc8c8ccc4c(c65)c87)cc3)ccc2c1. The first kappa shape index (κ1) is 59.0. The number of hydrogen-bond acceptors (Lipinski definition) is 4. The minimum atomic E-state index is 0.423. The van der Waals surface area contributed by atoms with Crippen molar-refractivity contribution in [1.82, 2.24) is 38.3 Å². The van der Waals surface area contributed by atoms with Crippen molar-refractivity contribution in [1.29, 1.82) is 0 Å². The predicted octanol–water partition coefficient (Wildman–Crippen LogP) is 25.6. The van der Waals surface area contributed by atoms with Crippen molar-refractivity contribution in [2.24, 2.45) is 0 Å². The zero-order valence-corrected chi connectivity index (χ0v) is 57.1. The number of H-pyrrole nitrogens is 1. The maximum Gasteiger partial charge on any atom is 0.165 e. The Morgan fingerprint density at radius 2 is 0.619 bits per heavy atom. The molecule has 9 heteroatoms. The molecular weight excluding hydrogens is 1300 g/mol. The van der Waals surface area contributed by atoms with E-state index in [1.165, 1.54) is 147 Å². The van der Waals surface area contributed by atoms with E-state index in [0.717, 1.165) is 61.3 Å². The van der Waals surface area contributed by atoms with Crippen LogP contribution in [0.2, 0.25) is 5.15 Å². The van der Waals surface area contributed by atoms with Gasteiger partial charge in [-0.25, -0.2) is 19.9 Å². The van der Waals surface area contributed by atoms with Gasteiger partial charge in [0.05, 0.1) is 66.2 Å². The maximum absolute atomic E-state index is 6.39. The van der Waals surface area contributed by atoms with E-state index >= 15 is 0 Å². The molecule has 0 bridgehead atoms. The van der Waals surface area contributed by atoms with E-state index in [1.807, 2.05) is 36.4 Å². The Morgan fingerprint density at radius 3 is 1.18 bits per heavy atom. The molecule has 8 aromatic heterocycles. The maximum atomic E-state index is 6.39. The summed E-state index contributed by atoms with van der Waals surface area (Å²) >= 11 is 6.39. The summed E-state index contributed by atoms with van der Waals surface area (Å²) in [5, 5.41) is 20.7. The summed E-state index contributed by atoms with van der Waals surface area (Å²) in [7, 11) is 0. The summed E-state index contributed by atoms with van der Waals surface area (Å²) in [5.41, 5.74) is 23.8. The summed E-state index contributed by atoms with van der Waals surface area (Å²) in [5.74, 6) is 0.824. The van der Waals surface area contributed by atoms with Gasteiger partial charge in [0.2, 0.25) is 0 Å². The first-order valence-corrected chi connectivity index (χ1v) is 35.9. The highest BCUT2D eigenvalue weighted by Crippen LogP contribution is 2.48. The number of fused-ring (bicyclic) bond motifs is 16. The molecule has 0 unspecified atom stereocenters. The molecule has 24 rings (SSSR count). The lowest BCUT2D eigenvalue weighted by molar-refractivity contribution is 1.08. The summed E-state index contributed by atoms with van der Waals surface area (Å²) in [4.78, 5) is 23.6. The van der Waals surface area contributed by atoms with Crippen LogP contribution in [0.5, 0.6) is 0 Å². The van der Waals surface area contributed by atoms with E-state index in [-0.39, 0.29) is 0 Å². The van der Waals surface area contributed by atoms with E-state index in [9.17, 15) is 0 Å². The third-order valence-electron chi connectivity index (χ3n) is 21.7. The lowest BCUT2D eigenvalue weighted by Gasteiger charge is -2.14. The second kappa shape index (κ2) is 23.1. The van der Waals surface area contributed by atoms with E-state index in [4.69, 9.17) is 26.6 Å². The van der Waals surface area contributed by atoms with Gasteiger partial charge < -0.3 is 13.8 Å². The molecule has 0 aliphatic rings. The van der Waals surface area contributed by atoms with Crippen LogP contribution in [0.3, 0.4) is 0 Å². The van der Waals surface area contributed by atoms with Gasteiger partial charge in [0, 0.05) is 76.0 Å². The van der Waals surface area contributed by atoms with Gasteiger partial charge in [-0.3, -0.25) is 4.57 Å². The molecule has 0 aliphatic carbocycles. The van der Waals surface area contributed by atoms with Crippen LogP contribution in [-0.2, 0) is 0 Å². The Kier molecular flexibility index (Phi) is 13.0. The number of benzene rings is 16. The van der Waals surface area contributed by atoms with Crippen LogP contribution in [0.15, 0.2) is 340 Å². The molecule has 0 saturated carbocycles. The van der Waals surface area contributed by atoms with Crippen molar-refractivity contribution in [3.8, 4) is 50.6 Å². The zero-order chi connectivity index (χ0) is 69.0. The fraction of sp³-hybridized carbons (Fsp3) is 0. The van der Waals surface area contributed by atoms with Gasteiger partial charge in [-0.05, 0) is 140 Å². The number of para-hydroxylation sites is 8. The standard InChI is InChI=1S/C48H28N4.C24H15ClN2.C24H14N2/c1-2-11-32-28-33(25-22-29(32)10-1)30-20-23-31(24-21-30)46-48(50-39-16-6-5-15-38(39)49-46)52-42-19-9-14-36-34-12-3-7-17-40(34)51-41-18-8-4-13-35(41)37-26-27-43(52)45(44(36)42)47(37)51;25-24-23(26-21-7-3-4-8-22(21)27-24)18-12-9-17(10-13-18)20-14-11-16-5-1-2-6-19(16)15-20;1-3-10-20-14(6-1)16-8-5-9-18-22(16)23-19(25-18)13-12-17-15-7-2-4-11-21(15)26(20)24(17)23/h1-28H;1-15H;1-13,25H. The number of rotatable bonds is 5. The normalized spacial score (nSPS) is 12.0. The highest BCUT2D eigenvalue weighted by atomic mass is 35.5. The van der Waals surface area contributed by atoms with Crippen molar-refractivity contribution in [3.05, 3.63) is 345 Å². The van der Waals surface area contributed by atoms with Crippen LogP contribution < -0.4 is 0 Å². The second-order valence-electron chi connectivity index (χ2n) is 27.4. The molecule has 24 aromatic rings. The van der Waals surface area contributed by atoms with Crippen molar-refractivity contribution in [3.63, 3.8) is 0 Å². The average molecular weight is 1360 g/mol. The largest absolute Gasteiger partial charge is 0.354 e. The molecule has 105 heavy (non-hydrogen) atoms. The Balaban J connectivity index is 0.000000109. The highest BCUT2D eigenvalue weighted by molar-refractivity contribution is 6.35. The Morgan fingerprint density at radius 1 is 0.238 bits per heavy atom. The summed E-state index contributed by atoms with van der Waals surface area (Å²) in [6.45, 7) is 0. The van der Waals surface area contributed by atoms with E-state index in [2.05, 4.69) is 327 Å². The van der Waals surface area contributed by atoms with E-state index in [1.54, 1.807) is 0 Å². The second-order valence-corrected chi connectivity index (χ2v) is 27.7. The molecular formula is C96H57ClN8. The van der Waals surface area contributed by atoms with Crippen molar-refractivity contribution in [2.75, 3.05) is 0 Å². The lowest BCUT2D eigenvalue weighted by Crippen LogP contribution is -2.03. The predicted molar refractivity (Wildman–Crippen MR) is 440 cm³/mol. The zero-order valence-electron chi connectivity index (χ0n) is 56.3. The van der Waals surface area contributed by atoms with Crippen molar-refractivity contribution >= 4 is 175 Å². The first-order chi connectivity index (χ1) is 52.0. The third-order valence-corrected chi connectivity index (χ3v) is 21.9. The smallest absolute Gasteiger partial charge is 0.165 e. The van der Waals surface area contributed by atoms with Crippen LogP contribution in [0.1, 0.15) is 0 Å². The molecule has 488 valence electrons. The fourth-order valence-corrected chi connectivity index (χ4v) is 17.2. The minimum absolute atomic E-state index is 0.423. The van der Waals surface area contributed by atoms with Crippen LogP contribution in [0.25, 0.3) is 214 Å². The third kappa shape index (κ3) is 9.07. The minimum Gasteiger partial charge on any atom is -0.354 e. The molecule has 0 amide bonds. The Bertz CT molecular complexity index is 7660. The Hall–Kier alpha value is -13.8. The van der Waals surface area contributed by atoms with Crippen LogP contribution in [-0.4, -0.2) is 38.3 Å². The molecule has 0 spiro atoms. The summed E-state index contributed by atoms with van der Waals surface area (Å²) < 4.78 is 7.29. The van der Waals surface area contributed by atoms with Gasteiger partial charge in [0.1, 0.15) is 11.4 Å². The summed E-state index contributed by atoms with van der Waals surface area (Å²) in [6.07, 6.45) is 0. The molecule has 0 aliphatic heterocycles. The van der Waals surface area contributed by atoms with E-state index < -0.39 is 0 Å². The highest BCUT2D eigenvalue weighted by Gasteiger charge is 2.27. The number of aromatic nitrogens is 8. The molecule has 16 aromatic carbocycles. The van der Waals surface area contributed by atoms with Crippen LogP contribution >= 0.6 is 11.6 Å². The van der Waals surface area contributed by atoms with Gasteiger partial charge in [0.15, 0.2) is 11.0 Å². The number of aromatic amines is 1. The molecule has 0 saturated heterocycles. The van der Waals surface area contributed by atoms with Gasteiger partial charge >= 0.3 is 0 Å². The quantitative estimate of drug-likeness (QED) is 0.186. The number of nitrogens with zero attached hydrogens (tertiary/aromatic N) is 7. The first-order valence-electron chi connectivity index (χ1n) is 35.5. The van der Waals surface area contributed by atoms with Gasteiger partial charge in [-0.15, -0.1) is 0 Å². The lowest BCUT2D eigenvalue weighted by atomic mass is 9.99. The van der Waals surface area contributed by atoms with Gasteiger partial charge in [-0.2, -0.15) is 0 Å². The van der Waals surface area contributed by atoms with E-state index in [0.29, 0.717) is 10.8 Å². The topological polar surface area (TPSA) is 81.1 Å². The monoisotopic (exact) mass is 1360 g/mol. The van der Waals surface area contributed by atoms with Crippen LogP contribution in [0, 0.1) is 0 Å². The van der Waals surface area contributed by atoms with Crippen molar-refractivity contribution < 1.29 is 0 Å². The summed E-state index contributed by atoms with van der Waals surface area (Å²) in [6, 6.07) is 121. The fourth-order valence-electron chi connectivity index (χ4n) is 16.9. The number of hydrogen-bond donors (Lipinski definition) is 1. The molecule has 0 fully saturated rings. The molecule has 8 nitrogen and oxygen atoms in total. The molecule has 1 N–H and O–H groups in total. The van der Waals surface area contributed by atoms with Crippen LogP contribution in [0.4, 0.5) is 0 Å². The Labute approximate surface area is 604 Å². The van der Waals surface area contributed by atoms with Crippen molar-refractivity contribution in [2.45, 2.75) is 0 Å². The average Bonchev–Trinajstić information content (AvgIpc) is 1.27. The van der Waals surface area contributed by atoms with Gasteiger partial charge in [0.25, 0.3) is 0 Å². The molecule has 0 atom stereocenters.